The number of hydrogen-bond donors (Lipinski definition) is 1. The molecule has 0 unspecified atom stereocenters. The summed E-state index contributed by atoms with van der Waals surface area (Å²) in [6.07, 6.45) is 1.35. The lowest BCUT2D eigenvalue weighted by atomic mass is 10.3. The van der Waals surface area contributed by atoms with Crippen molar-refractivity contribution in [3.8, 4) is 5.75 Å². The Balaban J connectivity index is 1.81. The van der Waals surface area contributed by atoms with Crippen LogP contribution in [0.3, 0.4) is 0 Å². The quantitative estimate of drug-likeness (QED) is 0.877. The van der Waals surface area contributed by atoms with Crippen molar-refractivity contribution in [3.05, 3.63) is 42.0 Å². The Morgan fingerprint density at radius 1 is 1.53 bits per heavy atom. The lowest BCUT2D eigenvalue weighted by Crippen LogP contribution is -2.31. The number of benzene rings is 1. The number of nitrogens with one attached hydrogen (secondary N) is 1. The Bertz CT molecular complexity index is 544. The largest absolute Gasteiger partial charge is 0.492 e. The van der Waals surface area contributed by atoms with Crippen molar-refractivity contribution in [3.63, 3.8) is 0 Å². The summed E-state index contributed by atoms with van der Waals surface area (Å²) >= 11 is 0. The fourth-order valence-electron chi connectivity index (χ4n) is 1.46. The van der Waals surface area contributed by atoms with Gasteiger partial charge in [-0.2, -0.15) is 15.4 Å². The Hall–Kier alpha value is -2.44. The summed E-state index contributed by atoms with van der Waals surface area (Å²) in [6.45, 7) is 0.631. The van der Waals surface area contributed by atoms with Crippen LogP contribution in [-0.2, 0) is 0 Å². The van der Waals surface area contributed by atoms with Crippen molar-refractivity contribution < 1.29 is 13.9 Å². The zero-order valence-electron chi connectivity index (χ0n) is 10.3. The number of ether oxygens (including phenoxy) is 1. The number of likely N-dealkylation sites (N-methyl/N-ethyl adjacent to an activating group) is 1. The van der Waals surface area contributed by atoms with E-state index in [4.69, 9.17) is 4.74 Å². The minimum atomic E-state index is -0.357. The first kappa shape index (κ1) is 13.0. The second-order valence-electron chi connectivity index (χ2n) is 3.89. The molecule has 100 valence electrons. The smallest absolute Gasteiger partial charge is 0.275 e. The highest BCUT2D eigenvalue weighted by atomic mass is 19.1. The van der Waals surface area contributed by atoms with Gasteiger partial charge >= 0.3 is 0 Å². The van der Waals surface area contributed by atoms with E-state index in [9.17, 15) is 9.18 Å². The molecule has 19 heavy (non-hydrogen) atoms. The Morgan fingerprint density at radius 3 is 3.05 bits per heavy atom. The summed E-state index contributed by atoms with van der Waals surface area (Å²) in [4.78, 5) is 13.2. The van der Waals surface area contributed by atoms with Crippen LogP contribution >= 0.6 is 0 Å². The monoisotopic (exact) mass is 264 g/mol. The molecule has 0 saturated heterocycles. The van der Waals surface area contributed by atoms with Crippen LogP contribution in [0.25, 0.3) is 0 Å². The van der Waals surface area contributed by atoms with Gasteiger partial charge in [0, 0.05) is 13.1 Å². The number of H-pyrrole nitrogens is 1. The van der Waals surface area contributed by atoms with Crippen LogP contribution in [0.4, 0.5) is 4.39 Å². The fraction of sp³-hybridized carbons (Fsp3) is 0.250. The van der Waals surface area contributed by atoms with Crippen molar-refractivity contribution >= 4 is 5.91 Å². The predicted octanol–water partition coefficient (Wildman–Crippen LogP) is 1.09. The van der Waals surface area contributed by atoms with E-state index < -0.39 is 0 Å². The topological polar surface area (TPSA) is 71.1 Å². The number of halogens is 1. The van der Waals surface area contributed by atoms with Crippen LogP contribution in [0.15, 0.2) is 30.5 Å². The second kappa shape index (κ2) is 5.94. The van der Waals surface area contributed by atoms with Crippen LogP contribution in [0, 0.1) is 5.82 Å². The van der Waals surface area contributed by atoms with Gasteiger partial charge in [-0.15, -0.1) is 0 Å². The van der Waals surface area contributed by atoms with Gasteiger partial charge in [0.25, 0.3) is 5.91 Å². The van der Waals surface area contributed by atoms with Crippen LogP contribution in [-0.4, -0.2) is 46.4 Å². The lowest BCUT2D eigenvalue weighted by Gasteiger charge is -2.15. The van der Waals surface area contributed by atoms with Crippen LogP contribution in [0.2, 0.25) is 0 Å². The van der Waals surface area contributed by atoms with Gasteiger partial charge in [0.05, 0.1) is 12.7 Å². The standard InChI is InChI=1S/C12H13FN4O2/c1-17(12(18)11-8-14-16-15-11)5-6-19-10-4-2-3-9(13)7-10/h2-4,7-8H,5-6H2,1H3,(H,14,15,16). The highest BCUT2D eigenvalue weighted by Crippen LogP contribution is 2.11. The molecule has 1 heterocycles. The highest BCUT2D eigenvalue weighted by Gasteiger charge is 2.13. The first-order valence-electron chi connectivity index (χ1n) is 5.66. The average molecular weight is 264 g/mol. The predicted molar refractivity (Wildman–Crippen MR) is 65.2 cm³/mol. The number of hydrogen-bond acceptors (Lipinski definition) is 4. The molecule has 0 aliphatic rings. The lowest BCUT2D eigenvalue weighted by molar-refractivity contribution is 0.0768. The summed E-state index contributed by atoms with van der Waals surface area (Å²) in [7, 11) is 1.63. The molecule has 0 atom stereocenters. The van der Waals surface area contributed by atoms with E-state index in [0.29, 0.717) is 12.3 Å². The summed E-state index contributed by atoms with van der Waals surface area (Å²) < 4.78 is 18.3. The molecule has 7 heteroatoms. The molecule has 1 aromatic heterocycles. The molecule has 2 aromatic rings. The van der Waals surface area contributed by atoms with E-state index in [1.165, 1.54) is 23.2 Å². The van der Waals surface area contributed by atoms with Crippen molar-refractivity contribution in [2.75, 3.05) is 20.2 Å². The Labute approximate surface area is 109 Å². The van der Waals surface area contributed by atoms with E-state index in [1.807, 2.05) is 0 Å². The number of aromatic nitrogens is 3. The Morgan fingerprint density at radius 2 is 2.37 bits per heavy atom. The molecule has 0 radical (unpaired) electrons. The molecular formula is C12H13FN4O2. The maximum Gasteiger partial charge on any atom is 0.275 e. The van der Waals surface area contributed by atoms with E-state index in [-0.39, 0.29) is 24.0 Å². The molecule has 0 aliphatic heterocycles. The number of carbonyl (C=O) groups is 1. The number of nitrogens with zero attached hydrogens (tertiary/aromatic N) is 3. The molecule has 0 spiro atoms. The van der Waals surface area contributed by atoms with Crippen LogP contribution < -0.4 is 4.74 Å². The minimum absolute atomic E-state index is 0.244. The number of rotatable bonds is 5. The van der Waals surface area contributed by atoms with Gasteiger partial charge in [-0.1, -0.05) is 6.07 Å². The molecule has 1 aromatic carbocycles. The Kier molecular flexibility index (Phi) is 4.07. The number of amides is 1. The van der Waals surface area contributed by atoms with Gasteiger partial charge in [-0.05, 0) is 12.1 Å². The molecule has 6 nitrogen and oxygen atoms in total. The zero-order valence-corrected chi connectivity index (χ0v) is 10.3. The second-order valence-corrected chi connectivity index (χ2v) is 3.89. The van der Waals surface area contributed by atoms with E-state index in [1.54, 1.807) is 19.2 Å². The van der Waals surface area contributed by atoms with Gasteiger partial charge in [0.15, 0.2) is 5.69 Å². The minimum Gasteiger partial charge on any atom is -0.492 e. The first-order chi connectivity index (χ1) is 9.16. The fourth-order valence-corrected chi connectivity index (χ4v) is 1.46. The summed E-state index contributed by atoms with van der Waals surface area (Å²) in [6, 6.07) is 5.85. The van der Waals surface area contributed by atoms with Gasteiger partial charge in [-0.3, -0.25) is 4.79 Å². The number of aromatic amines is 1. The third-order valence-corrected chi connectivity index (χ3v) is 2.47. The molecular weight excluding hydrogens is 251 g/mol. The van der Waals surface area contributed by atoms with Gasteiger partial charge < -0.3 is 9.64 Å². The summed E-state index contributed by atoms with van der Waals surface area (Å²) in [5.41, 5.74) is 0.244. The zero-order chi connectivity index (χ0) is 13.7. The molecule has 0 fully saturated rings. The van der Waals surface area contributed by atoms with Crippen LogP contribution in [0.5, 0.6) is 5.75 Å². The molecule has 1 N–H and O–H groups in total. The molecule has 0 saturated carbocycles. The van der Waals surface area contributed by atoms with Crippen LogP contribution in [0.1, 0.15) is 10.5 Å². The SMILES string of the molecule is CN(CCOc1cccc(F)c1)C(=O)c1cn[nH]n1. The molecule has 1 amide bonds. The molecule has 2 rings (SSSR count). The van der Waals surface area contributed by atoms with E-state index in [0.717, 1.165) is 0 Å². The summed E-state index contributed by atoms with van der Waals surface area (Å²) in [5.74, 6) is -0.177. The van der Waals surface area contributed by atoms with Gasteiger partial charge in [0.1, 0.15) is 18.2 Å². The molecule has 0 bridgehead atoms. The van der Waals surface area contributed by atoms with Gasteiger partial charge in [0.2, 0.25) is 0 Å². The maximum absolute atomic E-state index is 12.9. The van der Waals surface area contributed by atoms with Crippen molar-refractivity contribution in [1.82, 2.24) is 20.3 Å². The van der Waals surface area contributed by atoms with E-state index >= 15 is 0 Å². The third kappa shape index (κ3) is 3.51. The summed E-state index contributed by atoms with van der Waals surface area (Å²) in [5, 5.41) is 9.64. The highest BCUT2D eigenvalue weighted by molar-refractivity contribution is 5.91. The third-order valence-electron chi connectivity index (χ3n) is 2.47. The van der Waals surface area contributed by atoms with Crippen molar-refractivity contribution in [1.29, 1.82) is 0 Å². The number of carbonyl (C=O) groups excluding carboxylic acids is 1. The molecule has 0 aliphatic carbocycles. The first-order valence-corrected chi connectivity index (χ1v) is 5.66. The average Bonchev–Trinajstić information content (AvgIpc) is 2.91. The van der Waals surface area contributed by atoms with Gasteiger partial charge in [-0.25, -0.2) is 4.39 Å². The van der Waals surface area contributed by atoms with Crippen molar-refractivity contribution in [2.24, 2.45) is 0 Å². The maximum atomic E-state index is 12.9. The van der Waals surface area contributed by atoms with E-state index in [2.05, 4.69) is 15.4 Å². The normalized spacial score (nSPS) is 10.2. The van der Waals surface area contributed by atoms with Crippen molar-refractivity contribution in [2.45, 2.75) is 0 Å².